The molecule has 0 saturated heterocycles. The number of rotatable bonds is 3. The van der Waals surface area contributed by atoms with Crippen LogP contribution in [0.4, 0.5) is 5.69 Å². The van der Waals surface area contributed by atoms with Gasteiger partial charge in [0.25, 0.3) is 5.91 Å². The van der Waals surface area contributed by atoms with Gasteiger partial charge < -0.3 is 14.3 Å². The van der Waals surface area contributed by atoms with Gasteiger partial charge in [-0.2, -0.15) is 0 Å². The van der Waals surface area contributed by atoms with E-state index in [1.807, 2.05) is 0 Å². The second-order valence-electron chi connectivity index (χ2n) is 7.30. The Kier molecular flexibility index (Phi) is 4.84. The molecule has 3 aromatic carbocycles. The van der Waals surface area contributed by atoms with Gasteiger partial charge in [0.1, 0.15) is 17.1 Å². The van der Waals surface area contributed by atoms with E-state index in [4.69, 9.17) is 32.4 Å². The smallest absolute Gasteiger partial charge is 0.295 e. The molecule has 1 aliphatic rings. The molecule has 1 amide bonds. The SMILES string of the molecule is COc1ccc(N2C(=O)c3oc4ccc(Cl)cc4c(=O)c3C2c2ccc(O)cc2)cc1Cl. The number of phenols is 1. The predicted molar refractivity (Wildman–Crippen MR) is 122 cm³/mol. The van der Waals surface area contributed by atoms with Crippen molar-refractivity contribution in [2.75, 3.05) is 12.0 Å². The molecule has 1 unspecified atom stereocenters. The van der Waals surface area contributed by atoms with Gasteiger partial charge >= 0.3 is 0 Å². The lowest BCUT2D eigenvalue weighted by Crippen LogP contribution is -2.29. The molecule has 0 saturated carbocycles. The van der Waals surface area contributed by atoms with E-state index >= 15 is 0 Å². The molecule has 5 rings (SSSR count). The summed E-state index contributed by atoms with van der Waals surface area (Å²) in [5.41, 5.74) is 1.20. The minimum atomic E-state index is -0.790. The first-order chi connectivity index (χ1) is 15.4. The van der Waals surface area contributed by atoms with Crippen molar-refractivity contribution in [3.05, 3.63) is 97.8 Å². The lowest BCUT2D eigenvalue weighted by molar-refractivity contribution is 0.0971. The zero-order valence-electron chi connectivity index (χ0n) is 16.6. The number of amides is 1. The highest BCUT2D eigenvalue weighted by Gasteiger charge is 2.43. The van der Waals surface area contributed by atoms with Crippen LogP contribution in [0.1, 0.15) is 27.7 Å². The summed E-state index contributed by atoms with van der Waals surface area (Å²) >= 11 is 12.4. The van der Waals surface area contributed by atoms with Crippen LogP contribution in [0.5, 0.6) is 11.5 Å². The third-order valence-corrected chi connectivity index (χ3v) is 5.99. The summed E-state index contributed by atoms with van der Waals surface area (Å²) in [5.74, 6) is -0.00638. The van der Waals surface area contributed by atoms with Gasteiger partial charge in [-0.25, -0.2) is 0 Å². The minimum Gasteiger partial charge on any atom is -0.508 e. The Labute approximate surface area is 192 Å². The number of fused-ring (bicyclic) bond motifs is 2. The monoisotopic (exact) mass is 467 g/mol. The van der Waals surface area contributed by atoms with Gasteiger partial charge in [0.05, 0.1) is 29.1 Å². The maximum atomic E-state index is 13.5. The quantitative estimate of drug-likeness (QED) is 0.426. The molecule has 0 aliphatic carbocycles. The molecule has 1 N–H and O–H groups in total. The van der Waals surface area contributed by atoms with E-state index in [1.54, 1.807) is 42.5 Å². The molecule has 0 spiro atoms. The van der Waals surface area contributed by atoms with Crippen molar-refractivity contribution in [2.45, 2.75) is 6.04 Å². The molecule has 0 bridgehead atoms. The molecule has 1 aromatic heterocycles. The first kappa shape index (κ1) is 20.4. The molecule has 0 fully saturated rings. The van der Waals surface area contributed by atoms with E-state index in [2.05, 4.69) is 0 Å². The van der Waals surface area contributed by atoms with E-state index in [1.165, 1.54) is 30.2 Å². The van der Waals surface area contributed by atoms with Crippen LogP contribution in [0.3, 0.4) is 0 Å². The van der Waals surface area contributed by atoms with Gasteiger partial charge in [0.15, 0.2) is 5.43 Å². The lowest BCUT2D eigenvalue weighted by Gasteiger charge is -2.25. The van der Waals surface area contributed by atoms with Crippen molar-refractivity contribution in [1.29, 1.82) is 0 Å². The van der Waals surface area contributed by atoms with Crippen molar-refractivity contribution in [2.24, 2.45) is 0 Å². The van der Waals surface area contributed by atoms with Crippen LogP contribution in [0.2, 0.25) is 10.0 Å². The lowest BCUT2D eigenvalue weighted by atomic mass is 9.98. The standard InChI is InChI=1S/C24H15Cl2NO5/c1-31-19-9-5-14(11-17(19)26)27-21(12-2-6-15(28)7-3-12)20-22(29)16-10-13(25)4-8-18(16)32-23(20)24(27)30/h2-11,21,28H,1H3. The molecule has 1 aliphatic heterocycles. The fraction of sp³-hybridized carbons (Fsp3) is 0.0833. The Balaban J connectivity index is 1.80. The second kappa shape index (κ2) is 7.58. The number of carbonyl (C=O) groups is 1. The van der Waals surface area contributed by atoms with E-state index in [9.17, 15) is 14.7 Å². The van der Waals surface area contributed by atoms with Crippen LogP contribution < -0.4 is 15.1 Å². The maximum absolute atomic E-state index is 13.5. The van der Waals surface area contributed by atoms with Gasteiger partial charge in [-0.15, -0.1) is 0 Å². The number of phenolic OH excluding ortho intramolecular Hbond substituents is 1. The molecule has 8 heteroatoms. The van der Waals surface area contributed by atoms with Gasteiger partial charge in [0, 0.05) is 10.7 Å². The number of hydrogen-bond acceptors (Lipinski definition) is 5. The number of aromatic hydroxyl groups is 1. The first-order valence-corrected chi connectivity index (χ1v) is 10.4. The summed E-state index contributed by atoms with van der Waals surface area (Å²) in [7, 11) is 1.50. The molecule has 32 heavy (non-hydrogen) atoms. The predicted octanol–water partition coefficient (Wildman–Crippen LogP) is 5.56. The Bertz CT molecular complexity index is 1450. The number of nitrogens with zero attached hydrogens (tertiary/aromatic N) is 1. The first-order valence-electron chi connectivity index (χ1n) is 9.61. The summed E-state index contributed by atoms with van der Waals surface area (Å²) in [6.07, 6.45) is 0. The Hall–Kier alpha value is -3.48. The Morgan fingerprint density at radius 2 is 1.75 bits per heavy atom. The number of halogens is 2. The molecule has 160 valence electrons. The zero-order chi connectivity index (χ0) is 22.6. The van der Waals surface area contributed by atoms with E-state index in [-0.39, 0.29) is 33.5 Å². The number of anilines is 1. The molecule has 6 nitrogen and oxygen atoms in total. The fourth-order valence-electron chi connectivity index (χ4n) is 3.99. The average Bonchev–Trinajstić information content (AvgIpc) is 3.07. The van der Waals surface area contributed by atoms with Crippen LogP contribution in [-0.4, -0.2) is 18.1 Å². The van der Waals surface area contributed by atoms with Crippen molar-refractivity contribution in [1.82, 2.24) is 0 Å². The number of ether oxygens (including phenoxy) is 1. The Morgan fingerprint density at radius 3 is 2.44 bits per heavy atom. The highest BCUT2D eigenvalue weighted by atomic mass is 35.5. The maximum Gasteiger partial charge on any atom is 0.295 e. The zero-order valence-corrected chi connectivity index (χ0v) is 18.1. The number of hydrogen-bond donors (Lipinski definition) is 1. The van der Waals surface area contributed by atoms with E-state index < -0.39 is 11.9 Å². The molecule has 0 radical (unpaired) electrons. The largest absolute Gasteiger partial charge is 0.508 e. The highest BCUT2D eigenvalue weighted by molar-refractivity contribution is 6.32. The van der Waals surface area contributed by atoms with Crippen molar-refractivity contribution in [3.8, 4) is 11.5 Å². The van der Waals surface area contributed by atoms with Crippen LogP contribution >= 0.6 is 23.2 Å². The van der Waals surface area contributed by atoms with Crippen molar-refractivity contribution >= 4 is 45.8 Å². The number of methoxy groups -OCH3 is 1. The van der Waals surface area contributed by atoms with Crippen LogP contribution in [0, 0.1) is 0 Å². The van der Waals surface area contributed by atoms with Gasteiger partial charge in [-0.1, -0.05) is 35.3 Å². The van der Waals surface area contributed by atoms with E-state index in [0.717, 1.165) is 0 Å². The summed E-state index contributed by atoms with van der Waals surface area (Å²) in [5, 5.41) is 10.7. The van der Waals surface area contributed by atoms with Crippen LogP contribution in [0.25, 0.3) is 11.0 Å². The molecular weight excluding hydrogens is 453 g/mol. The van der Waals surface area contributed by atoms with E-state index in [0.29, 0.717) is 27.0 Å². The van der Waals surface area contributed by atoms with Gasteiger partial charge in [-0.3, -0.25) is 14.5 Å². The molecule has 4 aromatic rings. The molecule has 2 heterocycles. The summed E-state index contributed by atoms with van der Waals surface area (Å²) in [6, 6.07) is 15.1. The highest BCUT2D eigenvalue weighted by Crippen LogP contribution is 2.43. The fourth-order valence-corrected chi connectivity index (χ4v) is 4.41. The Morgan fingerprint density at radius 1 is 1.00 bits per heavy atom. The van der Waals surface area contributed by atoms with Crippen molar-refractivity contribution in [3.63, 3.8) is 0 Å². The van der Waals surface area contributed by atoms with Gasteiger partial charge in [0.2, 0.25) is 5.76 Å². The second-order valence-corrected chi connectivity index (χ2v) is 8.15. The van der Waals surface area contributed by atoms with Crippen LogP contribution in [-0.2, 0) is 0 Å². The third kappa shape index (κ3) is 3.11. The summed E-state index contributed by atoms with van der Waals surface area (Å²) in [6.45, 7) is 0. The average molecular weight is 468 g/mol. The topological polar surface area (TPSA) is 80.0 Å². The minimum absolute atomic E-state index is 0.0464. The third-order valence-electron chi connectivity index (χ3n) is 5.45. The number of carbonyl (C=O) groups excluding carboxylic acids is 1. The van der Waals surface area contributed by atoms with Gasteiger partial charge in [-0.05, 0) is 54.1 Å². The summed E-state index contributed by atoms with van der Waals surface area (Å²) in [4.78, 5) is 28.5. The summed E-state index contributed by atoms with van der Waals surface area (Å²) < 4.78 is 11.1. The van der Waals surface area contributed by atoms with Crippen LogP contribution in [0.15, 0.2) is 69.9 Å². The van der Waals surface area contributed by atoms with Crippen molar-refractivity contribution < 1.29 is 19.1 Å². The normalized spacial score (nSPS) is 15.3. The molecular formula is C24H15Cl2NO5. The molecule has 1 atom stereocenters. The number of benzene rings is 3.